The Kier molecular flexibility index (Phi) is 9.32. The Labute approximate surface area is 150 Å². The molecule has 1 unspecified atom stereocenters. The van der Waals surface area contributed by atoms with Gasteiger partial charge in [-0.15, -0.1) is 12.4 Å². The van der Waals surface area contributed by atoms with Gasteiger partial charge in [-0.2, -0.15) is 0 Å². The van der Waals surface area contributed by atoms with Crippen molar-refractivity contribution in [3.05, 3.63) is 47.5 Å². The van der Waals surface area contributed by atoms with E-state index < -0.39 is 6.10 Å². The fourth-order valence-electron chi connectivity index (χ4n) is 1.70. The molecule has 0 radical (unpaired) electrons. The molecule has 0 saturated heterocycles. The van der Waals surface area contributed by atoms with Crippen LogP contribution in [0.4, 0.5) is 0 Å². The summed E-state index contributed by atoms with van der Waals surface area (Å²) in [7, 11) is 0. The van der Waals surface area contributed by atoms with Crippen molar-refractivity contribution in [2.24, 2.45) is 11.5 Å². The van der Waals surface area contributed by atoms with E-state index in [0.717, 1.165) is 0 Å². The molecule has 0 aliphatic rings. The van der Waals surface area contributed by atoms with Crippen LogP contribution < -0.4 is 11.5 Å². The van der Waals surface area contributed by atoms with Gasteiger partial charge in [-0.3, -0.25) is 4.79 Å². The number of hydrogen-bond donors (Lipinski definition) is 7. The smallest absolute Gasteiger partial charge is 0.176 e. The molecule has 0 fully saturated rings. The molecular formula is C16H21ClN2O6. The predicted octanol–water partition coefficient (Wildman–Crippen LogP) is 0.751. The number of benzene rings is 2. The highest BCUT2D eigenvalue weighted by Gasteiger charge is 2.07. The summed E-state index contributed by atoms with van der Waals surface area (Å²) < 4.78 is 0. The first kappa shape index (κ1) is 22.5. The standard InChI is InChI=1S/C8H11NO3.C8H9NO3.ClH/c2*9-4-8(12)5-1-2-6(10)7(11)3-5;/h1-3,8,10-12H,4,9H2;1-3,10-11H,4,9H2;1H. The van der Waals surface area contributed by atoms with Crippen LogP contribution in [-0.4, -0.2) is 44.4 Å². The van der Waals surface area contributed by atoms with Gasteiger partial charge >= 0.3 is 0 Å². The third-order valence-electron chi connectivity index (χ3n) is 3.09. The van der Waals surface area contributed by atoms with Crippen LogP contribution in [0.15, 0.2) is 36.4 Å². The molecule has 9 heteroatoms. The van der Waals surface area contributed by atoms with Crippen LogP contribution in [0.1, 0.15) is 22.0 Å². The summed E-state index contributed by atoms with van der Waals surface area (Å²) in [6.45, 7) is -0.0194. The van der Waals surface area contributed by atoms with Crippen LogP contribution in [0.3, 0.4) is 0 Å². The van der Waals surface area contributed by atoms with Crippen LogP contribution in [0, 0.1) is 0 Å². The number of carbonyl (C=O) groups excluding carboxylic acids is 1. The largest absolute Gasteiger partial charge is 0.504 e. The molecule has 0 aliphatic heterocycles. The Balaban J connectivity index is 0.000000443. The van der Waals surface area contributed by atoms with Crippen LogP contribution in [0.5, 0.6) is 23.0 Å². The number of aromatic hydroxyl groups is 4. The number of phenolic OH excluding ortho intramolecular Hbond substituents is 4. The summed E-state index contributed by atoms with van der Waals surface area (Å²) in [5.74, 6) is -1.29. The van der Waals surface area contributed by atoms with E-state index in [-0.39, 0.29) is 54.3 Å². The zero-order valence-corrected chi connectivity index (χ0v) is 14.0. The molecule has 8 nitrogen and oxygen atoms in total. The topological polar surface area (TPSA) is 170 Å². The molecule has 0 amide bonds. The van der Waals surface area contributed by atoms with Crippen molar-refractivity contribution in [3.8, 4) is 23.0 Å². The summed E-state index contributed by atoms with van der Waals surface area (Å²) in [5, 5.41) is 45.1. The number of rotatable bonds is 4. The lowest BCUT2D eigenvalue weighted by atomic mass is 10.1. The molecule has 0 heterocycles. The van der Waals surface area contributed by atoms with Crippen molar-refractivity contribution in [3.63, 3.8) is 0 Å². The van der Waals surface area contributed by atoms with Gasteiger partial charge < -0.3 is 37.0 Å². The number of halogens is 1. The molecule has 2 aromatic rings. The third-order valence-corrected chi connectivity index (χ3v) is 3.09. The summed E-state index contributed by atoms with van der Waals surface area (Å²) in [5.41, 5.74) is 11.1. The number of Topliss-reactive ketones (excluding diaryl/α,β-unsaturated/α-hetero) is 1. The Bertz CT molecular complexity index is 711. The lowest BCUT2D eigenvalue weighted by molar-refractivity contribution is 0.100. The monoisotopic (exact) mass is 372 g/mol. The molecule has 0 bridgehead atoms. The van der Waals surface area contributed by atoms with Gasteiger partial charge in [0.1, 0.15) is 0 Å². The maximum Gasteiger partial charge on any atom is 0.176 e. The number of phenols is 4. The van der Waals surface area contributed by atoms with Gasteiger partial charge in [-0.05, 0) is 35.9 Å². The molecule has 0 aromatic heterocycles. The summed E-state index contributed by atoms with van der Waals surface area (Å²) in [6.07, 6.45) is -0.795. The molecular weight excluding hydrogens is 352 g/mol. The summed E-state index contributed by atoms with van der Waals surface area (Å²) in [4.78, 5) is 11.0. The van der Waals surface area contributed by atoms with E-state index in [1.807, 2.05) is 0 Å². The molecule has 2 rings (SSSR count). The fourth-order valence-corrected chi connectivity index (χ4v) is 1.70. The van der Waals surface area contributed by atoms with E-state index in [1.54, 1.807) is 0 Å². The predicted molar refractivity (Wildman–Crippen MR) is 94.2 cm³/mol. The van der Waals surface area contributed by atoms with Crippen LogP contribution in [-0.2, 0) is 0 Å². The van der Waals surface area contributed by atoms with Gasteiger partial charge in [0.15, 0.2) is 28.8 Å². The average Bonchev–Trinajstić information content (AvgIpc) is 2.58. The number of carbonyl (C=O) groups is 1. The van der Waals surface area contributed by atoms with Crippen LogP contribution in [0.2, 0.25) is 0 Å². The number of aliphatic hydroxyl groups is 1. The van der Waals surface area contributed by atoms with Gasteiger partial charge in [-0.25, -0.2) is 0 Å². The summed E-state index contributed by atoms with van der Waals surface area (Å²) >= 11 is 0. The Hall–Kier alpha value is -2.52. The number of nitrogens with two attached hydrogens (primary N) is 2. The van der Waals surface area contributed by atoms with Gasteiger partial charge in [0.2, 0.25) is 0 Å². The van der Waals surface area contributed by atoms with E-state index in [1.165, 1.54) is 36.4 Å². The maximum atomic E-state index is 11.0. The van der Waals surface area contributed by atoms with Crippen LogP contribution in [0.25, 0.3) is 0 Å². The SMILES string of the molecule is Cl.NCC(=O)c1ccc(O)c(O)c1.NCC(O)c1ccc(O)c(O)c1. The zero-order valence-electron chi connectivity index (χ0n) is 13.2. The van der Waals surface area contributed by atoms with Gasteiger partial charge in [-0.1, -0.05) is 6.07 Å². The Morgan fingerprint density at radius 3 is 1.84 bits per heavy atom. The maximum absolute atomic E-state index is 11.0. The second kappa shape index (κ2) is 10.4. The van der Waals surface area contributed by atoms with Crippen molar-refractivity contribution in [1.29, 1.82) is 0 Å². The second-order valence-corrected chi connectivity index (χ2v) is 4.83. The highest BCUT2D eigenvalue weighted by Crippen LogP contribution is 2.27. The van der Waals surface area contributed by atoms with Crippen molar-refractivity contribution >= 4 is 18.2 Å². The van der Waals surface area contributed by atoms with E-state index >= 15 is 0 Å². The first-order chi connectivity index (χ1) is 11.3. The van der Waals surface area contributed by atoms with Crippen molar-refractivity contribution < 1.29 is 30.3 Å². The van der Waals surface area contributed by atoms with Crippen molar-refractivity contribution in [2.75, 3.05) is 13.1 Å². The van der Waals surface area contributed by atoms with E-state index in [4.69, 9.17) is 31.9 Å². The third kappa shape index (κ3) is 6.48. The molecule has 138 valence electrons. The number of ketones is 1. The lowest BCUT2D eigenvalue weighted by Crippen LogP contribution is -2.13. The van der Waals surface area contributed by atoms with E-state index in [9.17, 15) is 9.90 Å². The number of hydrogen-bond acceptors (Lipinski definition) is 8. The van der Waals surface area contributed by atoms with Crippen molar-refractivity contribution in [1.82, 2.24) is 0 Å². The average molecular weight is 373 g/mol. The van der Waals surface area contributed by atoms with Crippen LogP contribution >= 0.6 is 12.4 Å². The Morgan fingerprint density at radius 1 is 0.880 bits per heavy atom. The molecule has 2 aromatic carbocycles. The van der Waals surface area contributed by atoms with Crippen molar-refractivity contribution in [2.45, 2.75) is 6.10 Å². The minimum Gasteiger partial charge on any atom is -0.504 e. The molecule has 1 atom stereocenters. The first-order valence-corrected chi connectivity index (χ1v) is 6.95. The lowest BCUT2D eigenvalue weighted by Gasteiger charge is -2.08. The minimum absolute atomic E-state index is 0. The highest BCUT2D eigenvalue weighted by atomic mass is 35.5. The summed E-state index contributed by atoms with van der Waals surface area (Å²) in [6, 6.07) is 7.94. The minimum atomic E-state index is -0.795. The molecule has 9 N–H and O–H groups in total. The quantitative estimate of drug-likeness (QED) is 0.304. The number of aliphatic hydroxyl groups excluding tert-OH is 1. The van der Waals surface area contributed by atoms with Gasteiger partial charge in [0.25, 0.3) is 0 Å². The van der Waals surface area contributed by atoms with Gasteiger partial charge in [0.05, 0.1) is 12.6 Å². The second-order valence-electron chi connectivity index (χ2n) is 4.83. The first-order valence-electron chi connectivity index (χ1n) is 6.95. The molecule has 0 aliphatic carbocycles. The van der Waals surface area contributed by atoms with Gasteiger partial charge in [0, 0.05) is 12.1 Å². The van der Waals surface area contributed by atoms with E-state index in [2.05, 4.69) is 0 Å². The Morgan fingerprint density at radius 2 is 1.40 bits per heavy atom. The van der Waals surface area contributed by atoms with E-state index in [0.29, 0.717) is 11.1 Å². The normalized spacial score (nSPS) is 10.8. The zero-order chi connectivity index (χ0) is 18.3. The highest BCUT2D eigenvalue weighted by molar-refractivity contribution is 5.98. The fraction of sp³-hybridized carbons (Fsp3) is 0.188. The molecule has 0 saturated carbocycles. The molecule has 0 spiro atoms. The molecule has 25 heavy (non-hydrogen) atoms.